The first kappa shape index (κ1) is 14.0. The lowest BCUT2D eigenvalue weighted by atomic mass is 9.80. The number of nitrogens with zero attached hydrogens (tertiary/aromatic N) is 4. The van der Waals surface area contributed by atoms with Crippen molar-refractivity contribution in [2.24, 2.45) is 11.8 Å². The number of aromatic nitrogens is 4. The van der Waals surface area contributed by atoms with E-state index < -0.39 is 0 Å². The molecule has 1 heterocycles. The zero-order valence-electron chi connectivity index (χ0n) is 13.0. The van der Waals surface area contributed by atoms with E-state index in [0.29, 0.717) is 12.0 Å². The second-order valence-corrected chi connectivity index (χ2v) is 6.48. The minimum atomic E-state index is 0.393. The van der Waals surface area contributed by atoms with Crippen LogP contribution in [0.2, 0.25) is 0 Å². The van der Waals surface area contributed by atoms with Gasteiger partial charge in [0.05, 0.1) is 6.04 Å². The molecule has 3 atom stereocenters. The molecule has 3 unspecified atom stereocenters. The Morgan fingerprint density at radius 3 is 2.76 bits per heavy atom. The van der Waals surface area contributed by atoms with Crippen LogP contribution in [0.15, 0.2) is 18.2 Å². The van der Waals surface area contributed by atoms with E-state index in [4.69, 9.17) is 5.73 Å². The van der Waals surface area contributed by atoms with Gasteiger partial charge in [0.15, 0.2) is 5.82 Å². The van der Waals surface area contributed by atoms with E-state index in [1.807, 2.05) is 23.7 Å². The number of hydrogen-bond donors (Lipinski definition) is 1. The number of hydrogen-bond acceptors (Lipinski definition) is 4. The van der Waals surface area contributed by atoms with Crippen LogP contribution in [0.25, 0.3) is 11.4 Å². The molecule has 3 rings (SSSR count). The SMILES string of the molecule is Cc1cc(-c2nnnn2C2CCC(C)CC2C)ccc1N. The maximum atomic E-state index is 5.90. The molecule has 1 aliphatic rings. The summed E-state index contributed by atoms with van der Waals surface area (Å²) in [5, 5.41) is 12.4. The van der Waals surface area contributed by atoms with Crippen LogP contribution in [0.5, 0.6) is 0 Å². The van der Waals surface area contributed by atoms with Crippen LogP contribution < -0.4 is 5.73 Å². The fraction of sp³-hybridized carbons (Fsp3) is 0.562. The number of nitrogens with two attached hydrogens (primary N) is 1. The molecule has 5 heteroatoms. The van der Waals surface area contributed by atoms with Crippen LogP contribution in [0.4, 0.5) is 5.69 Å². The zero-order valence-corrected chi connectivity index (χ0v) is 13.0. The number of anilines is 1. The van der Waals surface area contributed by atoms with Crippen LogP contribution in [-0.4, -0.2) is 20.2 Å². The molecule has 1 aromatic carbocycles. The summed E-state index contributed by atoms with van der Waals surface area (Å²) in [7, 11) is 0. The molecule has 112 valence electrons. The lowest BCUT2D eigenvalue weighted by Crippen LogP contribution is -2.26. The van der Waals surface area contributed by atoms with Crippen LogP contribution >= 0.6 is 0 Å². The molecule has 0 bridgehead atoms. The van der Waals surface area contributed by atoms with Crippen molar-refractivity contribution >= 4 is 5.69 Å². The van der Waals surface area contributed by atoms with Crippen molar-refractivity contribution in [3.8, 4) is 11.4 Å². The molecule has 0 saturated heterocycles. The van der Waals surface area contributed by atoms with Crippen LogP contribution in [0.3, 0.4) is 0 Å². The van der Waals surface area contributed by atoms with Crippen molar-refractivity contribution in [2.45, 2.75) is 46.1 Å². The first-order valence-electron chi connectivity index (χ1n) is 7.70. The number of tetrazole rings is 1. The Labute approximate surface area is 125 Å². The van der Waals surface area contributed by atoms with Gasteiger partial charge in [-0.2, -0.15) is 0 Å². The Morgan fingerprint density at radius 1 is 1.24 bits per heavy atom. The van der Waals surface area contributed by atoms with Gasteiger partial charge in [-0.1, -0.05) is 13.8 Å². The topological polar surface area (TPSA) is 69.6 Å². The molecule has 1 aliphatic carbocycles. The number of rotatable bonds is 2. The summed E-state index contributed by atoms with van der Waals surface area (Å²) in [6.07, 6.45) is 3.63. The Morgan fingerprint density at radius 2 is 2.05 bits per heavy atom. The molecule has 2 N–H and O–H groups in total. The van der Waals surface area contributed by atoms with Crippen molar-refractivity contribution in [1.29, 1.82) is 0 Å². The molecule has 1 fully saturated rings. The Hall–Kier alpha value is -1.91. The summed E-state index contributed by atoms with van der Waals surface area (Å²) in [5.74, 6) is 2.25. The average Bonchev–Trinajstić information content (AvgIpc) is 2.91. The van der Waals surface area contributed by atoms with Crippen LogP contribution in [-0.2, 0) is 0 Å². The summed E-state index contributed by atoms with van der Waals surface area (Å²) in [5.41, 5.74) is 8.81. The number of benzene rings is 1. The predicted octanol–water partition coefficient (Wildman–Crippen LogP) is 3.23. The van der Waals surface area contributed by atoms with Crippen molar-refractivity contribution in [2.75, 3.05) is 5.73 Å². The van der Waals surface area contributed by atoms with Gasteiger partial charge in [-0.25, -0.2) is 4.68 Å². The van der Waals surface area contributed by atoms with Crippen molar-refractivity contribution < 1.29 is 0 Å². The van der Waals surface area contributed by atoms with E-state index in [1.54, 1.807) is 0 Å². The number of aryl methyl sites for hydroxylation is 1. The van der Waals surface area contributed by atoms with Crippen molar-refractivity contribution in [3.63, 3.8) is 0 Å². The van der Waals surface area contributed by atoms with Gasteiger partial charge >= 0.3 is 0 Å². The zero-order chi connectivity index (χ0) is 15.0. The highest BCUT2D eigenvalue weighted by atomic mass is 15.5. The van der Waals surface area contributed by atoms with E-state index in [0.717, 1.165) is 35.0 Å². The van der Waals surface area contributed by atoms with Gasteiger partial charge in [0.25, 0.3) is 0 Å². The first-order valence-corrected chi connectivity index (χ1v) is 7.70. The summed E-state index contributed by atoms with van der Waals surface area (Å²) in [4.78, 5) is 0. The van der Waals surface area contributed by atoms with Crippen LogP contribution in [0, 0.1) is 18.8 Å². The Balaban J connectivity index is 1.95. The van der Waals surface area contributed by atoms with Gasteiger partial charge in [-0.05, 0) is 72.2 Å². The van der Waals surface area contributed by atoms with Gasteiger partial charge < -0.3 is 5.73 Å². The van der Waals surface area contributed by atoms with Crippen molar-refractivity contribution in [1.82, 2.24) is 20.2 Å². The first-order chi connectivity index (χ1) is 10.1. The summed E-state index contributed by atoms with van der Waals surface area (Å²) < 4.78 is 2.02. The largest absolute Gasteiger partial charge is 0.399 e. The molecule has 5 nitrogen and oxygen atoms in total. The fourth-order valence-corrected chi connectivity index (χ4v) is 3.43. The quantitative estimate of drug-likeness (QED) is 0.860. The Bertz CT molecular complexity index is 633. The highest BCUT2D eigenvalue weighted by Gasteiger charge is 2.29. The summed E-state index contributed by atoms with van der Waals surface area (Å²) in [6, 6.07) is 6.38. The minimum Gasteiger partial charge on any atom is -0.399 e. The molecule has 0 amide bonds. The van der Waals surface area contributed by atoms with Gasteiger partial charge in [0.1, 0.15) is 0 Å². The van der Waals surface area contributed by atoms with Crippen LogP contribution in [0.1, 0.15) is 44.7 Å². The molecule has 0 spiro atoms. The predicted molar refractivity (Wildman–Crippen MR) is 83.6 cm³/mol. The monoisotopic (exact) mass is 285 g/mol. The molecule has 0 radical (unpaired) electrons. The van der Waals surface area contributed by atoms with Gasteiger partial charge in [-0.3, -0.25) is 0 Å². The molecule has 1 saturated carbocycles. The lowest BCUT2D eigenvalue weighted by molar-refractivity contribution is 0.194. The summed E-state index contributed by atoms with van der Waals surface area (Å²) >= 11 is 0. The third kappa shape index (κ3) is 2.64. The third-order valence-electron chi connectivity index (χ3n) is 4.72. The van der Waals surface area contributed by atoms with Crippen molar-refractivity contribution in [3.05, 3.63) is 23.8 Å². The molecule has 21 heavy (non-hydrogen) atoms. The van der Waals surface area contributed by atoms with E-state index in [-0.39, 0.29) is 0 Å². The standard InChI is InChI=1S/C16H23N5/c1-10-4-7-15(12(3)8-10)21-16(18-19-20-21)13-5-6-14(17)11(2)9-13/h5-6,9-10,12,15H,4,7-8,17H2,1-3H3. The molecule has 2 aromatic rings. The maximum absolute atomic E-state index is 5.90. The normalized spacial score (nSPS) is 26.0. The van der Waals surface area contributed by atoms with Gasteiger partial charge in [0.2, 0.25) is 0 Å². The fourth-order valence-electron chi connectivity index (χ4n) is 3.43. The average molecular weight is 285 g/mol. The molecule has 0 aliphatic heterocycles. The summed E-state index contributed by atoms with van der Waals surface area (Å²) in [6.45, 7) is 6.65. The molecular formula is C16H23N5. The smallest absolute Gasteiger partial charge is 0.182 e. The second kappa shape index (κ2) is 5.47. The van der Waals surface area contributed by atoms with E-state index in [9.17, 15) is 0 Å². The maximum Gasteiger partial charge on any atom is 0.182 e. The van der Waals surface area contributed by atoms with E-state index in [2.05, 4.69) is 35.4 Å². The highest BCUT2D eigenvalue weighted by Crippen LogP contribution is 2.38. The van der Waals surface area contributed by atoms with Gasteiger partial charge in [-0.15, -0.1) is 5.10 Å². The van der Waals surface area contributed by atoms with E-state index in [1.165, 1.54) is 12.8 Å². The molecular weight excluding hydrogens is 262 g/mol. The van der Waals surface area contributed by atoms with E-state index >= 15 is 0 Å². The third-order valence-corrected chi connectivity index (χ3v) is 4.72. The second-order valence-electron chi connectivity index (χ2n) is 6.48. The highest BCUT2D eigenvalue weighted by molar-refractivity contribution is 5.61. The lowest BCUT2D eigenvalue weighted by Gasteiger charge is -2.32. The number of nitrogen functional groups attached to an aromatic ring is 1. The van der Waals surface area contributed by atoms with Gasteiger partial charge in [0, 0.05) is 11.3 Å². The Kier molecular flexibility index (Phi) is 3.66. The molecule has 1 aromatic heterocycles. The minimum absolute atomic E-state index is 0.393.